The summed E-state index contributed by atoms with van der Waals surface area (Å²) in [5.74, 6) is 0.220. The molecule has 0 aromatic carbocycles. The average Bonchev–Trinajstić information content (AvgIpc) is 2.88. The molecule has 7 nitrogen and oxygen atoms in total. The van der Waals surface area contributed by atoms with E-state index in [-0.39, 0.29) is 17.6 Å². The molecular formula is C11H14N4O3. The second kappa shape index (κ2) is 4.09. The first kappa shape index (κ1) is 11.2. The lowest BCUT2D eigenvalue weighted by Gasteiger charge is -2.22. The van der Waals surface area contributed by atoms with Crippen molar-refractivity contribution in [3.63, 3.8) is 0 Å². The standard InChI is InChI=1S/C11H14N4O3/c16-9-3-7(13-11(18)14-9)10(17)15-2-1-6-4-12-5-8(6)15/h3,6,8,12H,1-2,4-5H2,(H2,13,14,16,18)/t6-,8+/m0/s1. The molecule has 2 fully saturated rings. The monoisotopic (exact) mass is 250 g/mol. The molecular weight excluding hydrogens is 236 g/mol. The molecule has 2 aliphatic rings. The van der Waals surface area contributed by atoms with Gasteiger partial charge in [0.15, 0.2) is 0 Å². The highest BCUT2D eigenvalue weighted by Gasteiger charge is 2.40. The summed E-state index contributed by atoms with van der Waals surface area (Å²) >= 11 is 0. The minimum Gasteiger partial charge on any atom is -0.333 e. The van der Waals surface area contributed by atoms with Gasteiger partial charge in [0.05, 0.1) is 0 Å². The van der Waals surface area contributed by atoms with Crippen molar-refractivity contribution in [1.82, 2.24) is 20.2 Å². The molecule has 0 spiro atoms. The van der Waals surface area contributed by atoms with Crippen LogP contribution in [0.3, 0.4) is 0 Å². The first-order chi connectivity index (χ1) is 8.65. The van der Waals surface area contributed by atoms with Crippen LogP contribution in [0.4, 0.5) is 0 Å². The summed E-state index contributed by atoms with van der Waals surface area (Å²) in [6.45, 7) is 2.40. The SMILES string of the molecule is O=C(c1cc(=O)[nH]c(=O)[nH]1)N1CC[C@H]2CNC[C@H]21. The minimum atomic E-state index is -0.647. The van der Waals surface area contributed by atoms with E-state index in [0.29, 0.717) is 12.5 Å². The fourth-order valence-electron chi connectivity index (χ4n) is 2.84. The molecule has 1 aromatic rings. The van der Waals surface area contributed by atoms with Gasteiger partial charge in [-0.25, -0.2) is 4.79 Å². The molecule has 18 heavy (non-hydrogen) atoms. The van der Waals surface area contributed by atoms with Crippen LogP contribution in [0, 0.1) is 5.92 Å². The predicted molar refractivity (Wildman–Crippen MR) is 63.5 cm³/mol. The Morgan fingerprint density at radius 1 is 1.28 bits per heavy atom. The van der Waals surface area contributed by atoms with Crippen LogP contribution in [0.1, 0.15) is 16.9 Å². The first-order valence-corrected chi connectivity index (χ1v) is 6.00. The molecule has 3 N–H and O–H groups in total. The quantitative estimate of drug-likeness (QED) is 0.565. The lowest BCUT2D eigenvalue weighted by molar-refractivity contribution is 0.0730. The number of nitrogens with one attached hydrogen (secondary N) is 3. The van der Waals surface area contributed by atoms with Gasteiger partial charge in [0, 0.05) is 31.7 Å². The van der Waals surface area contributed by atoms with E-state index in [0.717, 1.165) is 25.6 Å². The maximum absolute atomic E-state index is 12.3. The van der Waals surface area contributed by atoms with Crippen LogP contribution in [0.25, 0.3) is 0 Å². The van der Waals surface area contributed by atoms with Crippen LogP contribution in [0.5, 0.6) is 0 Å². The number of likely N-dealkylation sites (tertiary alicyclic amines) is 1. The molecule has 2 saturated heterocycles. The lowest BCUT2D eigenvalue weighted by Crippen LogP contribution is -2.40. The minimum absolute atomic E-state index is 0.0660. The number of rotatable bonds is 1. The van der Waals surface area contributed by atoms with E-state index in [1.165, 1.54) is 0 Å². The summed E-state index contributed by atoms with van der Waals surface area (Å²) in [6, 6.07) is 1.32. The molecule has 2 aliphatic heterocycles. The smallest absolute Gasteiger partial charge is 0.326 e. The van der Waals surface area contributed by atoms with Gasteiger partial charge in [-0.3, -0.25) is 14.6 Å². The van der Waals surface area contributed by atoms with Crippen molar-refractivity contribution >= 4 is 5.91 Å². The topological polar surface area (TPSA) is 98.1 Å². The maximum atomic E-state index is 12.3. The fourth-order valence-corrected chi connectivity index (χ4v) is 2.84. The van der Waals surface area contributed by atoms with Crippen LogP contribution in [-0.4, -0.2) is 46.5 Å². The van der Waals surface area contributed by atoms with Crippen molar-refractivity contribution in [2.45, 2.75) is 12.5 Å². The number of carbonyl (C=O) groups is 1. The Balaban J connectivity index is 1.90. The fraction of sp³-hybridized carbons (Fsp3) is 0.545. The summed E-state index contributed by atoms with van der Waals surface area (Å²) in [5, 5.41) is 3.25. The molecule has 2 atom stereocenters. The lowest BCUT2D eigenvalue weighted by atomic mass is 10.1. The molecule has 1 aromatic heterocycles. The summed E-state index contributed by atoms with van der Waals surface area (Å²) < 4.78 is 0. The van der Waals surface area contributed by atoms with Crippen LogP contribution in [-0.2, 0) is 0 Å². The van der Waals surface area contributed by atoms with E-state index in [4.69, 9.17) is 0 Å². The number of amides is 1. The van der Waals surface area contributed by atoms with E-state index >= 15 is 0 Å². The highest BCUT2D eigenvalue weighted by atomic mass is 16.2. The summed E-state index contributed by atoms with van der Waals surface area (Å²) in [6.07, 6.45) is 0.969. The number of hydrogen-bond acceptors (Lipinski definition) is 4. The van der Waals surface area contributed by atoms with Gasteiger partial charge in [-0.1, -0.05) is 0 Å². The van der Waals surface area contributed by atoms with Crippen molar-refractivity contribution < 1.29 is 4.79 Å². The summed E-state index contributed by atoms with van der Waals surface area (Å²) in [4.78, 5) is 40.8. The number of carbonyl (C=O) groups excluding carboxylic acids is 1. The number of aromatic amines is 2. The average molecular weight is 250 g/mol. The van der Waals surface area contributed by atoms with Gasteiger partial charge in [0.1, 0.15) is 5.69 Å². The number of hydrogen-bond donors (Lipinski definition) is 3. The molecule has 0 aliphatic carbocycles. The van der Waals surface area contributed by atoms with Gasteiger partial charge in [-0.15, -0.1) is 0 Å². The Kier molecular flexibility index (Phi) is 2.55. The Bertz CT molecular complexity index is 562. The van der Waals surface area contributed by atoms with E-state index in [1.54, 1.807) is 4.90 Å². The highest BCUT2D eigenvalue weighted by Crippen LogP contribution is 2.27. The number of fused-ring (bicyclic) bond motifs is 1. The van der Waals surface area contributed by atoms with Crippen LogP contribution < -0.4 is 16.6 Å². The Morgan fingerprint density at radius 3 is 2.89 bits per heavy atom. The Morgan fingerprint density at radius 2 is 2.11 bits per heavy atom. The normalized spacial score (nSPS) is 26.3. The molecule has 0 radical (unpaired) electrons. The van der Waals surface area contributed by atoms with E-state index in [1.807, 2.05) is 0 Å². The molecule has 0 saturated carbocycles. The Hall–Kier alpha value is -1.89. The van der Waals surface area contributed by atoms with E-state index in [9.17, 15) is 14.4 Å². The zero-order chi connectivity index (χ0) is 12.7. The summed E-state index contributed by atoms with van der Waals surface area (Å²) in [7, 11) is 0. The van der Waals surface area contributed by atoms with Crippen molar-refractivity contribution in [2.75, 3.05) is 19.6 Å². The first-order valence-electron chi connectivity index (χ1n) is 6.00. The van der Waals surface area contributed by atoms with Gasteiger partial charge >= 0.3 is 5.69 Å². The predicted octanol–water partition coefficient (Wildman–Crippen LogP) is -1.50. The number of H-pyrrole nitrogens is 2. The molecule has 7 heteroatoms. The highest BCUT2D eigenvalue weighted by molar-refractivity contribution is 5.92. The second-order valence-corrected chi connectivity index (χ2v) is 4.77. The van der Waals surface area contributed by atoms with Crippen molar-refractivity contribution in [3.8, 4) is 0 Å². The van der Waals surface area contributed by atoms with Crippen LogP contribution in [0.2, 0.25) is 0 Å². The zero-order valence-corrected chi connectivity index (χ0v) is 9.73. The summed E-state index contributed by atoms with van der Waals surface area (Å²) in [5.41, 5.74) is -1.13. The van der Waals surface area contributed by atoms with E-state index in [2.05, 4.69) is 15.3 Å². The van der Waals surface area contributed by atoms with Gasteiger partial charge in [-0.2, -0.15) is 0 Å². The number of nitrogens with zero attached hydrogens (tertiary/aromatic N) is 1. The molecule has 3 heterocycles. The van der Waals surface area contributed by atoms with E-state index < -0.39 is 11.2 Å². The molecule has 0 unspecified atom stereocenters. The van der Waals surface area contributed by atoms with Crippen molar-refractivity contribution in [3.05, 3.63) is 32.6 Å². The third-order valence-corrected chi connectivity index (χ3v) is 3.70. The maximum Gasteiger partial charge on any atom is 0.326 e. The molecule has 0 bridgehead atoms. The molecule has 96 valence electrons. The second-order valence-electron chi connectivity index (χ2n) is 4.77. The molecule has 1 amide bonds. The van der Waals surface area contributed by atoms with Crippen molar-refractivity contribution in [1.29, 1.82) is 0 Å². The van der Waals surface area contributed by atoms with Crippen LogP contribution in [0.15, 0.2) is 15.7 Å². The third-order valence-electron chi connectivity index (χ3n) is 3.70. The van der Waals surface area contributed by atoms with Crippen LogP contribution >= 0.6 is 0 Å². The van der Waals surface area contributed by atoms with Gasteiger partial charge in [0.2, 0.25) is 0 Å². The van der Waals surface area contributed by atoms with Gasteiger partial charge in [-0.05, 0) is 12.3 Å². The largest absolute Gasteiger partial charge is 0.333 e. The number of aromatic nitrogens is 2. The zero-order valence-electron chi connectivity index (χ0n) is 9.73. The van der Waals surface area contributed by atoms with Gasteiger partial charge in [0.25, 0.3) is 11.5 Å². The Labute approximate surface area is 102 Å². The van der Waals surface area contributed by atoms with Gasteiger partial charge < -0.3 is 15.2 Å². The molecule has 3 rings (SSSR count). The third kappa shape index (κ3) is 1.76. The van der Waals surface area contributed by atoms with Crippen molar-refractivity contribution in [2.24, 2.45) is 5.92 Å².